The molecule has 122 valence electrons. The lowest BCUT2D eigenvalue weighted by molar-refractivity contribution is 0.0475. The van der Waals surface area contributed by atoms with E-state index in [1.165, 1.54) is 44.9 Å². The van der Waals surface area contributed by atoms with Crippen LogP contribution in [0.5, 0.6) is 0 Å². The predicted molar refractivity (Wildman–Crippen MR) is 85.4 cm³/mol. The van der Waals surface area contributed by atoms with E-state index < -0.39 is 5.60 Å². The van der Waals surface area contributed by atoms with Gasteiger partial charge in [-0.25, -0.2) is 4.79 Å². The normalized spacial score (nSPS) is 28.1. The fraction of sp³-hybridized carbons (Fsp3) is 0.941. The van der Waals surface area contributed by atoms with Crippen LogP contribution in [-0.2, 0) is 4.74 Å². The van der Waals surface area contributed by atoms with Crippen molar-refractivity contribution >= 4 is 6.09 Å². The Morgan fingerprint density at radius 3 is 2.10 bits per heavy atom. The van der Waals surface area contributed by atoms with Crippen molar-refractivity contribution in [3.63, 3.8) is 0 Å². The van der Waals surface area contributed by atoms with Crippen LogP contribution in [0, 0.1) is 0 Å². The molecule has 0 aromatic rings. The van der Waals surface area contributed by atoms with Crippen LogP contribution in [0.1, 0.15) is 78.6 Å². The van der Waals surface area contributed by atoms with Gasteiger partial charge in [0.05, 0.1) is 0 Å². The molecule has 2 unspecified atom stereocenters. The number of rotatable bonds is 3. The molecule has 2 aliphatic rings. The van der Waals surface area contributed by atoms with Gasteiger partial charge in [-0.05, 0) is 46.5 Å². The van der Waals surface area contributed by atoms with Crippen molar-refractivity contribution in [1.29, 1.82) is 0 Å². The minimum atomic E-state index is -0.426. The highest BCUT2D eigenvalue weighted by Gasteiger charge is 2.30. The molecule has 2 N–H and O–H groups in total. The van der Waals surface area contributed by atoms with Gasteiger partial charge >= 0.3 is 6.09 Å². The number of carbonyl (C=O) groups excluding carboxylic acids is 1. The first kappa shape index (κ1) is 16.6. The highest BCUT2D eigenvalue weighted by Crippen LogP contribution is 2.23. The first-order chi connectivity index (χ1) is 9.94. The molecular weight excluding hydrogens is 264 g/mol. The van der Waals surface area contributed by atoms with E-state index in [1.807, 2.05) is 20.8 Å². The van der Waals surface area contributed by atoms with Crippen molar-refractivity contribution in [2.75, 3.05) is 0 Å². The lowest BCUT2D eigenvalue weighted by Crippen LogP contribution is -2.55. The summed E-state index contributed by atoms with van der Waals surface area (Å²) >= 11 is 0. The molecule has 0 aromatic heterocycles. The molecule has 0 heterocycles. The van der Waals surface area contributed by atoms with Crippen molar-refractivity contribution in [3.05, 3.63) is 0 Å². The molecule has 2 fully saturated rings. The summed E-state index contributed by atoms with van der Waals surface area (Å²) in [6, 6.07) is 1.27. The zero-order valence-corrected chi connectivity index (χ0v) is 13.9. The van der Waals surface area contributed by atoms with Gasteiger partial charge in [0.25, 0.3) is 0 Å². The Hall–Kier alpha value is -0.770. The average molecular weight is 296 g/mol. The Morgan fingerprint density at radius 1 is 0.905 bits per heavy atom. The second-order valence-corrected chi connectivity index (χ2v) is 7.65. The van der Waals surface area contributed by atoms with Gasteiger partial charge in [0.15, 0.2) is 0 Å². The number of hydrogen-bond donors (Lipinski definition) is 2. The van der Waals surface area contributed by atoms with Crippen molar-refractivity contribution in [1.82, 2.24) is 10.6 Å². The van der Waals surface area contributed by atoms with E-state index in [-0.39, 0.29) is 12.1 Å². The molecule has 4 heteroatoms. The molecule has 0 radical (unpaired) electrons. The molecular formula is C17H32N2O2. The third-order valence-electron chi connectivity index (χ3n) is 4.52. The molecule has 4 nitrogen and oxygen atoms in total. The molecule has 2 aliphatic carbocycles. The summed E-state index contributed by atoms with van der Waals surface area (Å²) in [5, 5.41) is 6.90. The molecule has 0 aliphatic heterocycles. The highest BCUT2D eigenvalue weighted by molar-refractivity contribution is 5.68. The Kier molecular flexibility index (Phi) is 5.91. The maximum Gasteiger partial charge on any atom is 0.407 e. The topological polar surface area (TPSA) is 50.4 Å². The Morgan fingerprint density at radius 2 is 1.48 bits per heavy atom. The van der Waals surface area contributed by atoms with Gasteiger partial charge in [-0.15, -0.1) is 0 Å². The third kappa shape index (κ3) is 5.85. The van der Waals surface area contributed by atoms with Crippen LogP contribution in [0.4, 0.5) is 4.79 Å². The minimum Gasteiger partial charge on any atom is -0.444 e. The second kappa shape index (κ2) is 7.48. The number of alkyl carbamates (subject to hydrolysis) is 1. The number of carbonyl (C=O) groups is 1. The molecule has 0 spiro atoms. The molecule has 2 rings (SSSR count). The molecule has 21 heavy (non-hydrogen) atoms. The van der Waals surface area contributed by atoms with E-state index in [9.17, 15) is 4.79 Å². The highest BCUT2D eigenvalue weighted by atomic mass is 16.6. The van der Waals surface area contributed by atoms with Crippen LogP contribution in [0.3, 0.4) is 0 Å². The van der Waals surface area contributed by atoms with Gasteiger partial charge < -0.3 is 15.4 Å². The molecule has 0 aromatic carbocycles. The van der Waals surface area contributed by atoms with Crippen LogP contribution >= 0.6 is 0 Å². The molecule has 2 atom stereocenters. The van der Waals surface area contributed by atoms with Crippen molar-refractivity contribution in [3.8, 4) is 0 Å². The van der Waals surface area contributed by atoms with E-state index in [1.54, 1.807) is 0 Å². The van der Waals surface area contributed by atoms with Gasteiger partial charge in [0.2, 0.25) is 0 Å². The lowest BCUT2D eigenvalue weighted by Gasteiger charge is -2.37. The van der Waals surface area contributed by atoms with Crippen LogP contribution in [0.15, 0.2) is 0 Å². The van der Waals surface area contributed by atoms with E-state index >= 15 is 0 Å². The number of nitrogens with one attached hydrogen (secondary N) is 2. The summed E-state index contributed by atoms with van der Waals surface area (Å²) in [6.45, 7) is 5.72. The van der Waals surface area contributed by atoms with Gasteiger partial charge in [-0.3, -0.25) is 0 Å². The van der Waals surface area contributed by atoms with Gasteiger partial charge in [-0.1, -0.05) is 32.1 Å². The number of amides is 1. The largest absolute Gasteiger partial charge is 0.444 e. The van der Waals surface area contributed by atoms with Gasteiger partial charge in [0.1, 0.15) is 5.60 Å². The van der Waals surface area contributed by atoms with Crippen LogP contribution in [-0.4, -0.2) is 29.8 Å². The van der Waals surface area contributed by atoms with Crippen LogP contribution in [0.2, 0.25) is 0 Å². The molecule has 2 saturated carbocycles. The van der Waals surface area contributed by atoms with Crippen LogP contribution < -0.4 is 10.6 Å². The van der Waals surface area contributed by atoms with Crippen molar-refractivity contribution in [2.24, 2.45) is 0 Å². The maximum absolute atomic E-state index is 12.0. The SMILES string of the molecule is CC(C)(C)OC(=O)NC1CCCCC1NC1CCCCC1. The van der Waals surface area contributed by atoms with Crippen molar-refractivity contribution in [2.45, 2.75) is 102 Å². The zero-order chi connectivity index (χ0) is 15.3. The monoisotopic (exact) mass is 296 g/mol. The maximum atomic E-state index is 12.0. The average Bonchev–Trinajstić information content (AvgIpc) is 2.40. The van der Waals surface area contributed by atoms with E-state index in [2.05, 4.69) is 10.6 Å². The number of hydrogen-bond acceptors (Lipinski definition) is 3. The van der Waals surface area contributed by atoms with E-state index in [0.29, 0.717) is 12.1 Å². The standard InChI is InChI=1S/C17H32N2O2/c1-17(2,3)21-16(20)19-15-12-8-7-11-14(15)18-13-9-5-4-6-10-13/h13-15,18H,4-12H2,1-3H3,(H,19,20). The fourth-order valence-corrected chi connectivity index (χ4v) is 3.53. The van der Waals surface area contributed by atoms with E-state index in [0.717, 1.165) is 12.8 Å². The fourth-order valence-electron chi connectivity index (χ4n) is 3.53. The quantitative estimate of drug-likeness (QED) is 0.834. The second-order valence-electron chi connectivity index (χ2n) is 7.65. The first-order valence-electron chi connectivity index (χ1n) is 8.69. The summed E-state index contributed by atoms with van der Waals surface area (Å²) in [5.74, 6) is 0. The zero-order valence-electron chi connectivity index (χ0n) is 13.9. The molecule has 0 saturated heterocycles. The smallest absolute Gasteiger partial charge is 0.407 e. The summed E-state index contributed by atoms with van der Waals surface area (Å²) in [4.78, 5) is 12.0. The van der Waals surface area contributed by atoms with Gasteiger partial charge in [-0.2, -0.15) is 0 Å². The summed E-state index contributed by atoms with van der Waals surface area (Å²) in [5.41, 5.74) is -0.426. The van der Waals surface area contributed by atoms with Gasteiger partial charge in [0, 0.05) is 18.1 Å². The van der Waals surface area contributed by atoms with Crippen molar-refractivity contribution < 1.29 is 9.53 Å². The summed E-state index contributed by atoms with van der Waals surface area (Å²) < 4.78 is 5.40. The molecule has 0 bridgehead atoms. The Balaban J connectivity index is 1.84. The lowest BCUT2D eigenvalue weighted by atomic mass is 9.87. The third-order valence-corrected chi connectivity index (χ3v) is 4.52. The predicted octanol–water partition coefficient (Wildman–Crippen LogP) is 3.74. The van der Waals surface area contributed by atoms with Crippen LogP contribution in [0.25, 0.3) is 0 Å². The Bertz CT molecular complexity index is 332. The first-order valence-corrected chi connectivity index (χ1v) is 8.69. The summed E-state index contributed by atoms with van der Waals surface area (Å²) in [7, 11) is 0. The number of ether oxygens (including phenoxy) is 1. The minimum absolute atomic E-state index is 0.218. The molecule has 1 amide bonds. The Labute approximate surface area is 129 Å². The summed E-state index contributed by atoms with van der Waals surface area (Å²) in [6.07, 6.45) is 11.0. The van der Waals surface area contributed by atoms with E-state index in [4.69, 9.17) is 4.74 Å².